The van der Waals surface area contributed by atoms with E-state index in [2.05, 4.69) is 9.97 Å². The van der Waals surface area contributed by atoms with Gasteiger partial charge >= 0.3 is 0 Å². The zero-order valence-corrected chi connectivity index (χ0v) is 24.3. The molecule has 2 N–H and O–H groups in total. The van der Waals surface area contributed by atoms with Gasteiger partial charge in [-0.25, -0.2) is 22.2 Å². The number of aldehydes is 1. The Kier molecular flexibility index (Phi) is 8.08. The number of aromatic amines is 1. The van der Waals surface area contributed by atoms with Crippen LogP contribution < -0.4 is 9.47 Å². The van der Waals surface area contributed by atoms with Crippen LogP contribution in [0.2, 0.25) is 0 Å². The molecule has 0 radical (unpaired) electrons. The van der Waals surface area contributed by atoms with E-state index in [0.29, 0.717) is 22.3 Å². The van der Waals surface area contributed by atoms with E-state index in [4.69, 9.17) is 19.0 Å². The van der Waals surface area contributed by atoms with E-state index in [9.17, 15) is 13.2 Å². The number of carbonyl (C=O) groups is 1. The average Bonchev–Trinajstić information content (AvgIpc) is 3.73. The molecule has 1 unspecified atom stereocenters. The van der Waals surface area contributed by atoms with E-state index in [1.165, 1.54) is 24.5 Å². The first-order valence-electron chi connectivity index (χ1n) is 13.1. The molecule has 9 nitrogen and oxygen atoms in total. The van der Waals surface area contributed by atoms with Crippen LogP contribution in [-0.2, 0) is 32.2 Å². The molecule has 1 aliphatic rings. The number of carbonyl (C=O) groups excluding carboxylic acids is 1. The van der Waals surface area contributed by atoms with Crippen LogP contribution in [0, 0.1) is 11.6 Å². The second kappa shape index (κ2) is 11.6. The van der Waals surface area contributed by atoms with Crippen LogP contribution in [0.15, 0.2) is 65.4 Å². The number of oxazole rings is 1. The molecule has 224 valence electrons. The Morgan fingerprint density at radius 2 is 1.93 bits per heavy atom. The molecule has 0 aliphatic carbocycles. The molecule has 6 rings (SSSR count). The molecule has 0 saturated heterocycles. The molecule has 12 heteroatoms. The number of nitrogens with one attached hydrogen (secondary N) is 1. The summed E-state index contributed by atoms with van der Waals surface area (Å²) in [5, 5.41) is 7.50. The molecule has 2 aromatic heterocycles. The first kappa shape index (κ1) is 29.9. The van der Waals surface area contributed by atoms with E-state index < -0.39 is 32.6 Å². The largest absolute Gasteiger partial charge is 0.492 e. The Balaban J connectivity index is 0.00000180. The van der Waals surface area contributed by atoms with Crippen LogP contribution in [0.25, 0.3) is 22.4 Å². The predicted octanol–water partition coefficient (Wildman–Crippen LogP) is 5.49. The minimum atomic E-state index is -3.55. The van der Waals surface area contributed by atoms with E-state index in [-0.39, 0.29) is 41.5 Å². The maximum Gasteiger partial charge on any atom is 0.229 e. The topological polar surface area (TPSA) is 132 Å². The summed E-state index contributed by atoms with van der Waals surface area (Å²) in [5.41, 5.74) is 1.93. The number of ether oxygens (including phenoxy) is 2. The van der Waals surface area contributed by atoms with E-state index in [1.54, 1.807) is 12.3 Å². The summed E-state index contributed by atoms with van der Waals surface area (Å²) in [6.45, 7) is 2.17. The van der Waals surface area contributed by atoms with Gasteiger partial charge in [0.25, 0.3) is 0 Å². The number of para-hydroxylation sites is 1. The Labute approximate surface area is 246 Å². The van der Waals surface area contributed by atoms with Crippen molar-refractivity contribution in [2.45, 2.75) is 24.5 Å². The van der Waals surface area contributed by atoms with Crippen molar-refractivity contribution in [3.63, 3.8) is 0 Å². The highest BCUT2D eigenvalue weighted by molar-refractivity contribution is 7.89. The van der Waals surface area contributed by atoms with Gasteiger partial charge in [-0.2, -0.15) is 0 Å². The van der Waals surface area contributed by atoms with Crippen LogP contribution in [0.5, 0.6) is 17.2 Å². The number of fused-ring (bicyclic) bond motifs is 2. The molecule has 0 fully saturated rings. The molecule has 1 atom stereocenters. The van der Waals surface area contributed by atoms with Crippen molar-refractivity contribution < 1.29 is 41.0 Å². The molecular formula is C31H28F2N2O7S. The normalized spacial score (nSPS) is 15.9. The number of hydrogen-bond donors (Lipinski definition) is 2. The second-order valence-electron chi connectivity index (χ2n) is 10.2. The molecule has 0 amide bonds. The summed E-state index contributed by atoms with van der Waals surface area (Å²) in [5.74, 6) is -1.49. The number of sulfone groups is 1. The molecule has 5 aromatic rings. The molecule has 1 aliphatic heterocycles. The third kappa shape index (κ3) is 5.63. The lowest BCUT2D eigenvalue weighted by atomic mass is 9.81. The monoisotopic (exact) mass is 610 g/mol. The van der Waals surface area contributed by atoms with Crippen molar-refractivity contribution in [1.82, 2.24) is 9.97 Å². The number of aromatic nitrogens is 2. The Bertz CT molecular complexity index is 1930. The highest BCUT2D eigenvalue weighted by atomic mass is 32.2. The lowest BCUT2D eigenvalue weighted by Crippen LogP contribution is -2.25. The molecule has 3 aromatic carbocycles. The lowest BCUT2D eigenvalue weighted by Gasteiger charge is -2.19. The van der Waals surface area contributed by atoms with Gasteiger partial charge in [0.05, 0.1) is 22.4 Å². The number of aliphatic hydroxyl groups excluding tert-OH is 1. The van der Waals surface area contributed by atoms with Crippen molar-refractivity contribution in [1.29, 1.82) is 0 Å². The summed E-state index contributed by atoms with van der Waals surface area (Å²) in [6.07, 6.45) is 5.08. The Morgan fingerprint density at radius 3 is 2.67 bits per heavy atom. The highest BCUT2D eigenvalue weighted by Crippen LogP contribution is 2.45. The summed E-state index contributed by atoms with van der Waals surface area (Å²) in [7, 11) is -2.55. The van der Waals surface area contributed by atoms with Crippen LogP contribution in [-0.4, -0.2) is 49.8 Å². The van der Waals surface area contributed by atoms with Crippen molar-refractivity contribution in [2.75, 3.05) is 20.0 Å². The molecule has 0 bridgehead atoms. The molecule has 0 spiro atoms. The fourth-order valence-corrected chi connectivity index (χ4v) is 6.00. The zero-order chi connectivity index (χ0) is 30.9. The number of nitrogens with zero attached hydrogens (tertiary/aromatic N) is 1. The van der Waals surface area contributed by atoms with Gasteiger partial charge in [0.1, 0.15) is 36.5 Å². The van der Waals surface area contributed by atoms with Gasteiger partial charge in [-0.3, -0.25) is 0 Å². The molecule has 43 heavy (non-hydrogen) atoms. The van der Waals surface area contributed by atoms with Crippen LogP contribution in [0.3, 0.4) is 0 Å². The second-order valence-corrected chi connectivity index (χ2v) is 12.4. The Hall–Kier alpha value is -4.55. The van der Waals surface area contributed by atoms with Gasteiger partial charge in [0.2, 0.25) is 5.89 Å². The van der Waals surface area contributed by atoms with Gasteiger partial charge in [-0.1, -0.05) is 18.2 Å². The van der Waals surface area contributed by atoms with Crippen molar-refractivity contribution >= 4 is 27.0 Å². The van der Waals surface area contributed by atoms with Gasteiger partial charge in [0.15, 0.2) is 21.4 Å². The third-order valence-electron chi connectivity index (χ3n) is 7.23. The van der Waals surface area contributed by atoms with Gasteiger partial charge in [-0.05, 0) is 31.2 Å². The van der Waals surface area contributed by atoms with Gasteiger partial charge in [0, 0.05) is 59.6 Å². The zero-order valence-electron chi connectivity index (χ0n) is 23.5. The minimum absolute atomic E-state index is 0.0282. The smallest absolute Gasteiger partial charge is 0.229 e. The predicted molar refractivity (Wildman–Crippen MR) is 155 cm³/mol. The SMILES string of the molecule is CC1(c2coc(-c3cc(Oc4c(F)cc5[nH]ccc5c4CS(C)(=O)=O)ccc3F)n2)COc2c(CC=O)cccc21.CO. The fraction of sp³-hybridized carbons (Fsp3) is 0.226. The summed E-state index contributed by atoms with van der Waals surface area (Å²) < 4.78 is 72.0. The average molecular weight is 611 g/mol. The van der Waals surface area contributed by atoms with Gasteiger partial charge in [-0.15, -0.1) is 0 Å². The van der Waals surface area contributed by atoms with Gasteiger partial charge < -0.3 is 28.8 Å². The van der Waals surface area contributed by atoms with Crippen molar-refractivity contribution in [3.8, 4) is 28.7 Å². The first-order chi connectivity index (χ1) is 20.6. The maximum atomic E-state index is 15.2. The summed E-state index contributed by atoms with van der Waals surface area (Å²) >= 11 is 0. The van der Waals surface area contributed by atoms with E-state index in [1.807, 2.05) is 25.1 Å². The van der Waals surface area contributed by atoms with Crippen LogP contribution in [0.4, 0.5) is 8.78 Å². The van der Waals surface area contributed by atoms with E-state index >= 15 is 8.78 Å². The first-order valence-corrected chi connectivity index (χ1v) is 15.2. The molecular weight excluding hydrogens is 582 g/mol. The van der Waals surface area contributed by atoms with Crippen LogP contribution >= 0.6 is 0 Å². The molecule has 0 saturated carbocycles. The fourth-order valence-electron chi connectivity index (χ4n) is 5.19. The number of H-pyrrole nitrogens is 1. The standard InChI is InChI=1S/C30H24F2N2O6S.CH4O/c1-30(16-39-27-17(9-11-35)4-3-5-22(27)30)26-14-38-29(34-26)20-12-18(6-7-23(20)31)40-28-21(15-41(2,36)37)19-8-10-33-25(19)13-24(28)32;1-2/h3-8,10-14,33H,9,15-16H2,1-2H3;2H,1H3. The number of benzene rings is 3. The number of halogens is 2. The quantitative estimate of drug-likeness (QED) is 0.221. The summed E-state index contributed by atoms with van der Waals surface area (Å²) in [6, 6.07) is 12.2. The lowest BCUT2D eigenvalue weighted by molar-refractivity contribution is -0.107. The summed E-state index contributed by atoms with van der Waals surface area (Å²) in [4.78, 5) is 18.5. The molecule has 3 heterocycles. The van der Waals surface area contributed by atoms with Crippen LogP contribution in [0.1, 0.15) is 29.3 Å². The van der Waals surface area contributed by atoms with Crippen molar-refractivity contribution in [3.05, 3.63) is 95.0 Å². The van der Waals surface area contributed by atoms with Crippen molar-refractivity contribution in [2.24, 2.45) is 0 Å². The number of aliphatic hydroxyl groups is 1. The number of hydrogen-bond acceptors (Lipinski definition) is 8. The highest BCUT2D eigenvalue weighted by Gasteiger charge is 2.41. The number of rotatable bonds is 8. The third-order valence-corrected chi connectivity index (χ3v) is 8.04. The van der Waals surface area contributed by atoms with E-state index in [0.717, 1.165) is 36.8 Å². The maximum absolute atomic E-state index is 15.2. The Morgan fingerprint density at radius 1 is 1.14 bits per heavy atom. The minimum Gasteiger partial charge on any atom is -0.492 e.